The molecule has 2 rings (SSSR count). The van der Waals surface area contributed by atoms with Crippen molar-refractivity contribution in [3.05, 3.63) is 23.8 Å². The van der Waals surface area contributed by atoms with Gasteiger partial charge in [-0.1, -0.05) is 18.9 Å². The largest absolute Gasteiger partial charge is 0.397 e. The average Bonchev–Trinajstić information content (AvgIpc) is 2.38. The van der Waals surface area contributed by atoms with Crippen molar-refractivity contribution < 1.29 is 5.11 Å². The molecule has 0 aromatic heterocycles. The molecule has 1 aromatic carbocycles. The summed E-state index contributed by atoms with van der Waals surface area (Å²) in [5.41, 5.74) is 9.00. The highest BCUT2D eigenvalue weighted by molar-refractivity contribution is 5.66. The Morgan fingerprint density at radius 3 is 2.67 bits per heavy atom. The molecule has 1 aliphatic carbocycles. The number of hydrogen-bond donors (Lipinski definition) is 3. The predicted octanol–water partition coefficient (Wildman–Crippen LogP) is 2.79. The van der Waals surface area contributed by atoms with Crippen LogP contribution in [-0.2, 0) is 0 Å². The summed E-state index contributed by atoms with van der Waals surface area (Å²) in [6, 6.07) is 6.11. The quantitative estimate of drug-likeness (QED) is 0.718. The van der Waals surface area contributed by atoms with E-state index < -0.39 is 0 Å². The molecule has 0 heterocycles. The zero-order valence-corrected chi connectivity index (χ0v) is 11.2. The van der Waals surface area contributed by atoms with Gasteiger partial charge in [-0.15, -0.1) is 0 Å². The van der Waals surface area contributed by atoms with Crippen LogP contribution in [0.4, 0.5) is 11.4 Å². The zero-order valence-electron chi connectivity index (χ0n) is 11.2. The van der Waals surface area contributed by atoms with E-state index in [2.05, 4.69) is 11.4 Å². The molecule has 3 heteroatoms. The van der Waals surface area contributed by atoms with Gasteiger partial charge in [0.25, 0.3) is 0 Å². The summed E-state index contributed by atoms with van der Waals surface area (Å²) < 4.78 is 0. The van der Waals surface area contributed by atoms with Crippen LogP contribution in [0.25, 0.3) is 0 Å². The van der Waals surface area contributed by atoms with Gasteiger partial charge < -0.3 is 16.2 Å². The van der Waals surface area contributed by atoms with Gasteiger partial charge in [0.05, 0.1) is 11.4 Å². The van der Waals surface area contributed by atoms with Crippen LogP contribution in [0.15, 0.2) is 18.2 Å². The smallest absolute Gasteiger partial charge is 0.0574 e. The molecule has 1 aromatic rings. The van der Waals surface area contributed by atoms with E-state index in [0.29, 0.717) is 18.4 Å². The Morgan fingerprint density at radius 2 is 2.00 bits per heavy atom. The normalized spacial score (nSPS) is 23.9. The lowest BCUT2D eigenvalue weighted by molar-refractivity contribution is 0.141. The Bertz CT molecular complexity index is 392. The first-order valence-electron chi connectivity index (χ1n) is 6.91. The minimum atomic E-state index is 0.315. The molecule has 3 nitrogen and oxygen atoms in total. The van der Waals surface area contributed by atoms with Crippen LogP contribution in [0.2, 0.25) is 0 Å². The molecule has 0 bridgehead atoms. The molecule has 2 atom stereocenters. The molecule has 0 spiro atoms. The number of hydrogen-bond acceptors (Lipinski definition) is 3. The lowest BCUT2D eigenvalue weighted by Gasteiger charge is -2.30. The number of aryl methyl sites for hydroxylation is 1. The highest BCUT2D eigenvalue weighted by atomic mass is 16.3. The zero-order chi connectivity index (χ0) is 13.0. The molecule has 1 fully saturated rings. The number of nitrogen functional groups attached to an aromatic ring is 1. The fourth-order valence-electron chi connectivity index (χ4n) is 2.88. The van der Waals surface area contributed by atoms with Crippen molar-refractivity contribution in [3.8, 4) is 0 Å². The third kappa shape index (κ3) is 3.16. The van der Waals surface area contributed by atoms with Crippen LogP contribution < -0.4 is 11.1 Å². The van der Waals surface area contributed by atoms with E-state index in [1.165, 1.54) is 24.8 Å². The molecule has 2 unspecified atom stereocenters. The Balaban J connectivity index is 1.93. The van der Waals surface area contributed by atoms with Gasteiger partial charge in [-0.2, -0.15) is 0 Å². The average molecular weight is 248 g/mol. The second-order valence-electron chi connectivity index (χ2n) is 5.46. The van der Waals surface area contributed by atoms with Gasteiger partial charge in [0.2, 0.25) is 0 Å². The summed E-state index contributed by atoms with van der Waals surface area (Å²) in [6.45, 7) is 3.28. The summed E-state index contributed by atoms with van der Waals surface area (Å²) in [4.78, 5) is 0. The SMILES string of the molecule is Cc1ccc(NCC2CCCCC2CO)c(N)c1. The summed E-state index contributed by atoms with van der Waals surface area (Å²) in [7, 11) is 0. The predicted molar refractivity (Wildman–Crippen MR) is 76.6 cm³/mol. The molecule has 100 valence electrons. The number of aliphatic hydroxyl groups excluding tert-OH is 1. The summed E-state index contributed by atoms with van der Waals surface area (Å²) >= 11 is 0. The standard InChI is InChI=1S/C15H24N2O/c1-11-6-7-15(14(16)8-11)17-9-12-4-2-3-5-13(12)10-18/h6-8,12-13,17-18H,2-5,9-10,16H2,1H3. The number of benzene rings is 1. The Morgan fingerprint density at radius 1 is 1.28 bits per heavy atom. The van der Waals surface area contributed by atoms with Crippen LogP contribution in [0.1, 0.15) is 31.2 Å². The van der Waals surface area contributed by atoms with E-state index in [1.54, 1.807) is 0 Å². The van der Waals surface area contributed by atoms with Crippen molar-refractivity contribution in [3.63, 3.8) is 0 Å². The van der Waals surface area contributed by atoms with E-state index in [-0.39, 0.29) is 0 Å². The maximum atomic E-state index is 9.40. The van der Waals surface area contributed by atoms with E-state index in [4.69, 9.17) is 5.73 Å². The number of rotatable bonds is 4. The lowest BCUT2D eigenvalue weighted by Crippen LogP contribution is -2.28. The topological polar surface area (TPSA) is 58.3 Å². The number of nitrogens with two attached hydrogens (primary N) is 1. The van der Waals surface area contributed by atoms with Gasteiger partial charge in [-0.3, -0.25) is 0 Å². The Kier molecular flexibility index (Phi) is 4.48. The molecule has 0 saturated heterocycles. The molecular weight excluding hydrogens is 224 g/mol. The monoisotopic (exact) mass is 248 g/mol. The third-order valence-electron chi connectivity index (χ3n) is 4.06. The second-order valence-corrected chi connectivity index (χ2v) is 5.46. The summed E-state index contributed by atoms with van der Waals surface area (Å²) in [5, 5.41) is 12.8. The molecule has 0 amide bonds. The van der Waals surface area contributed by atoms with Gasteiger partial charge >= 0.3 is 0 Å². The van der Waals surface area contributed by atoms with E-state index in [9.17, 15) is 5.11 Å². The fourth-order valence-corrected chi connectivity index (χ4v) is 2.88. The number of anilines is 2. The van der Waals surface area contributed by atoms with E-state index in [1.807, 2.05) is 19.1 Å². The molecule has 1 aliphatic rings. The van der Waals surface area contributed by atoms with E-state index >= 15 is 0 Å². The van der Waals surface area contributed by atoms with Crippen LogP contribution in [0, 0.1) is 18.8 Å². The molecule has 0 radical (unpaired) electrons. The van der Waals surface area contributed by atoms with Crippen molar-refractivity contribution in [1.29, 1.82) is 0 Å². The minimum Gasteiger partial charge on any atom is -0.397 e. The molecule has 4 N–H and O–H groups in total. The highest BCUT2D eigenvalue weighted by Gasteiger charge is 2.24. The summed E-state index contributed by atoms with van der Waals surface area (Å²) in [5.74, 6) is 1.03. The summed E-state index contributed by atoms with van der Waals surface area (Å²) in [6.07, 6.45) is 4.91. The highest BCUT2D eigenvalue weighted by Crippen LogP contribution is 2.30. The molecule has 1 saturated carbocycles. The van der Waals surface area contributed by atoms with Crippen molar-refractivity contribution in [1.82, 2.24) is 0 Å². The molecular formula is C15H24N2O. The maximum absolute atomic E-state index is 9.40. The van der Waals surface area contributed by atoms with Crippen LogP contribution >= 0.6 is 0 Å². The third-order valence-corrected chi connectivity index (χ3v) is 4.06. The first-order chi connectivity index (χ1) is 8.70. The molecule has 18 heavy (non-hydrogen) atoms. The Hall–Kier alpha value is -1.22. The fraction of sp³-hybridized carbons (Fsp3) is 0.600. The number of nitrogens with one attached hydrogen (secondary N) is 1. The lowest BCUT2D eigenvalue weighted by atomic mass is 9.79. The van der Waals surface area contributed by atoms with Gasteiger partial charge in [0.15, 0.2) is 0 Å². The van der Waals surface area contributed by atoms with Gasteiger partial charge in [0, 0.05) is 13.2 Å². The second kappa shape index (κ2) is 6.10. The van der Waals surface area contributed by atoms with Gasteiger partial charge in [-0.25, -0.2) is 0 Å². The van der Waals surface area contributed by atoms with Crippen molar-refractivity contribution in [2.75, 3.05) is 24.2 Å². The van der Waals surface area contributed by atoms with Crippen LogP contribution in [0.5, 0.6) is 0 Å². The molecule has 0 aliphatic heterocycles. The first kappa shape index (κ1) is 13.2. The van der Waals surface area contributed by atoms with Crippen molar-refractivity contribution in [2.24, 2.45) is 11.8 Å². The van der Waals surface area contributed by atoms with Crippen LogP contribution in [-0.4, -0.2) is 18.3 Å². The maximum Gasteiger partial charge on any atom is 0.0574 e. The van der Waals surface area contributed by atoms with E-state index in [0.717, 1.165) is 24.3 Å². The number of aliphatic hydroxyl groups is 1. The van der Waals surface area contributed by atoms with Crippen molar-refractivity contribution in [2.45, 2.75) is 32.6 Å². The minimum absolute atomic E-state index is 0.315. The van der Waals surface area contributed by atoms with Crippen LogP contribution in [0.3, 0.4) is 0 Å². The van der Waals surface area contributed by atoms with Gasteiger partial charge in [-0.05, 0) is 49.3 Å². The van der Waals surface area contributed by atoms with Gasteiger partial charge in [0.1, 0.15) is 0 Å². The Labute approximate surface area is 109 Å². The van der Waals surface area contributed by atoms with Crippen molar-refractivity contribution >= 4 is 11.4 Å². The first-order valence-corrected chi connectivity index (χ1v) is 6.91.